The molecule has 1 N–H and O–H groups in total. The predicted molar refractivity (Wildman–Crippen MR) is 102 cm³/mol. The van der Waals surface area contributed by atoms with E-state index in [1.807, 2.05) is 0 Å². The molecule has 138 valence electrons. The first-order valence-corrected chi connectivity index (χ1v) is 10.7. The van der Waals surface area contributed by atoms with Crippen molar-refractivity contribution in [3.8, 4) is 0 Å². The van der Waals surface area contributed by atoms with Crippen LogP contribution < -0.4 is 0 Å². The van der Waals surface area contributed by atoms with Gasteiger partial charge in [0.05, 0.1) is 26.7 Å². The molecule has 1 fully saturated rings. The van der Waals surface area contributed by atoms with Gasteiger partial charge in [-0.2, -0.15) is 0 Å². The monoisotopic (exact) mass is 326 g/mol. The number of aliphatic hydroxyl groups excluding tert-OH is 1. The van der Waals surface area contributed by atoms with Crippen LogP contribution in [-0.2, 0) is 0 Å². The standard InChI is InChI=1S/C21H44NO/c1-22(19-15-13-16-20-22)18-14-11-9-7-5-3-2-4-6-8-10-12-17-21-23/h23H,2-21H2,1H3/q+1. The van der Waals surface area contributed by atoms with Crippen LogP contribution in [0.3, 0.4) is 0 Å². The van der Waals surface area contributed by atoms with Crippen LogP contribution >= 0.6 is 0 Å². The third-order valence-corrected chi connectivity index (χ3v) is 5.75. The van der Waals surface area contributed by atoms with Crippen molar-refractivity contribution in [1.82, 2.24) is 0 Å². The molecule has 0 aromatic carbocycles. The first kappa shape index (κ1) is 21.0. The van der Waals surface area contributed by atoms with Gasteiger partial charge < -0.3 is 9.59 Å². The molecule has 0 aliphatic carbocycles. The highest BCUT2D eigenvalue weighted by Crippen LogP contribution is 2.18. The predicted octanol–water partition coefficient (Wildman–Crippen LogP) is 5.68. The highest BCUT2D eigenvalue weighted by atomic mass is 16.2. The minimum Gasteiger partial charge on any atom is -0.396 e. The molecule has 1 heterocycles. The van der Waals surface area contributed by atoms with Crippen molar-refractivity contribution in [3.05, 3.63) is 0 Å². The molecule has 0 radical (unpaired) electrons. The topological polar surface area (TPSA) is 20.2 Å². The second kappa shape index (κ2) is 14.3. The van der Waals surface area contributed by atoms with E-state index < -0.39 is 0 Å². The van der Waals surface area contributed by atoms with Gasteiger partial charge in [0.2, 0.25) is 0 Å². The van der Waals surface area contributed by atoms with Crippen LogP contribution in [0.1, 0.15) is 103 Å². The molecular weight excluding hydrogens is 282 g/mol. The van der Waals surface area contributed by atoms with Gasteiger partial charge in [0.15, 0.2) is 0 Å². The van der Waals surface area contributed by atoms with Gasteiger partial charge in [-0.15, -0.1) is 0 Å². The molecule has 0 amide bonds. The molecule has 2 heteroatoms. The van der Waals surface area contributed by atoms with Gasteiger partial charge in [-0.25, -0.2) is 0 Å². The van der Waals surface area contributed by atoms with Gasteiger partial charge in [-0.05, 0) is 38.5 Å². The molecule has 0 spiro atoms. The molecule has 1 rings (SSSR count). The van der Waals surface area contributed by atoms with E-state index in [9.17, 15) is 0 Å². The van der Waals surface area contributed by atoms with Crippen molar-refractivity contribution in [2.24, 2.45) is 0 Å². The van der Waals surface area contributed by atoms with Crippen molar-refractivity contribution >= 4 is 0 Å². The first-order valence-electron chi connectivity index (χ1n) is 10.7. The van der Waals surface area contributed by atoms with Crippen LogP contribution in [0.2, 0.25) is 0 Å². The molecule has 0 atom stereocenters. The molecule has 1 aliphatic heterocycles. The van der Waals surface area contributed by atoms with E-state index >= 15 is 0 Å². The van der Waals surface area contributed by atoms with Crippen LogP contribution in [0, 0.1) is 0 Å². The van der Waals surface area contributed by atoms with Gasteiger partial charge in [-0.3, -0.25) is 0 Å². The Kier molecular flexibility index (Phi) is 13.0. The normalized spacial score (nSPS) is 17.5. The van der Waals surface area contributed by atoms with Crippen molar-refractivity contribution in [2.75, 3.05) is 33.3 Å². The SMILES string of the molecule is C[N+]1(CCCCCCCCCCCCCCCO)CCCCC1. The zero-order valence-corrected chi connectivity index (χ0v) is 16.0. The molecule has 0 aromatic rings. The Bertz CT molecular complexity index is 248. The van der Waals surface area contributed by atoms with E-state index in [0.29, 0.717) is 6.61 Å². The second-order valence-corrected chi connectivity index (χ2v) is 8.17. The van der Waals surface area contributed by atoms with E-state index in [1.54, 1.807) is 0 Å². The maximum absolute atomic E-state index is 8.72. The lowest BCUT2D eigenvalue weighted by Gasteiger charge is -2.37. The lowest BCUT2D eigenvalue weighted by Crippen LogP contribution is -2.48. The number of piperidine rings is 1. The average molecular weight is 327 g/mol. The van der Waals surface area contributed by atoms with Crippen LogP contribution in [0.25, 0.3) is 0 Å². The lowest BCUT2D eigenvalue weighted by molar-refractivity contribution is -0.914. The Labute approximate surface area is 146 Å². The number of nitrogens with zero attached hydrogens (tertiary/aromatic N) is 1. The first-order chi connectivity index (χ1) is 11.3. The zero-order chi connectivity index (χ0) is 16.6. The summed E-state index contributed by atoms with van der Waals surface area (Å²) in [6.07, 6.45) is 22.3. The Hall–Kier alpha value is -0.0800. The van der Waals surface area contributed by atoms with Crippen LogP contribution in [0.15, 0.2) is 0 Å². The Morgan fingerprint density at radius 1 is 0.565 bits per heavy atom. The van der Waals surface area contributed by atoms with Gasteiger partial charge in [0.1, 0.15) is 0 Å². The number of hydrogen-bond acceptors (Lipinski definition) is 1. The smallest absolute Gasteiger partial charge is 0.0784 e. The molecule has 1 aliphatic rings. The summed E-state index contributed by atoms with van der Waals surface area (Å²) in [4.78, 5) is 0. The fraction of sp³-hybridized carbons (Fsp3) is 1.00. The highest BCUT2D eigenvalue weighted by Gasteiger charge is 2.23. The molecule has 0 aromatic heterocycles. The number of rotatable bonds is 15. The third-order valence-electron chi connectivity index (χ3n) is 5.75. The van der Waals surface area contributed by atoms with Crippen LogP contribution in [-0.4, -0.2) is 42.9 Å². The molecule has 1 saturated heterocycles. The summed E-state index contributed by atoms with van der Waals surface area (Å²) in [6, 6.07) is 0. The largest absolute Gasteiger partial charge is 0.396 e. The molecule has 2 nitrogen and oxygen atoms in total. The number of unbranched alkanes of at least 4 members (excludes halogenated alkanes) is 12. The van der Waals surface area contributed by atoms with Crippen LogP contribution in [0.5, 0.6) is 0 Å². The molecule has 23 heavy (non-hydrogen) atoms. The number of aliphatic hydroxyl groups is 1. The summed E-state index contributed by atoms with van der Waals surface area (Å²) in [5.74, 6) is 0. The Morgan fingerprint density at radius 2 is 0.957 bits per heavy atom. The molecule has 0 saturated carbocycles. The lowest BCUT2D eigenvalue weighted by atomic mass is 10.0. The minimum absolute atomic E-state index is 0.373. The fourth-order valence-electron chi connectivity index (χ4n) is 4.05. The summed E-state index contributed by atoms with van der Waals surface area (Å²) < 4.78 is 1.36. The van der Waals surface area contributed by atoms with E-state index in [4.69, 9.17) is 5.11 Å². The maximum atomic E-state index is 8.72. The average Bonchev–Trinajstić information content (AvgIpc) is 2.56. The van der Waals surface area contributed by atoms with Gasteiger partial charge in [0.25, 0.3) is 0 Å². The summed E-state index contributed by atoms with van der Waals surface area (Å²) in [6.45, 7) is 4.66. The van der Waals surface area contributed by atoms with E-state index in [1.165, 1.54) is 120 Å². The van der Waals surface area contributed by atoms with Crippen LogP contribution in [0.4, 0.5) is 0 Å². The van der Waals surface area contributed by atoms with Crippen molar-refractivity contribution in [2.45, 2.75) is 103 Å². The number of quaternary nitrogens is 1. The Morgan fingerprint density at radius 3 is 1.39 bits per heavy atom. The summed E-state index contributed by atoms with van der Waals surface area (Å²) in [5, 5.41) is 8.72. The van der Waals surface area contributed by atoms with Gasteiger partial charge >= 0.3 is 0 Å². The molecular formula is C21H44NO+. The number of hydrogen-bond donors (Lipinski definition) is 1. The molecule has 0 bridgehead atoms. The van der Waals surface area contributed by atoms with E-state index in [-0.39, 0.29) is 0 Å². The van der Waals surface area contributed by atoms with Gasteiger partial charge in [-0.1, -0.05) is 64.2 Å². The minimum atomic E-state index is 0.373. The quantitative estimate of drug-likeness (QED) is 0.303. The summed E-state index contributed by atoms with van der Waals surface area (Å²) >= 11 is 0. The maximum Gasteiger partial charge on any atom is 0.0784 e. The highest BCUT2D eigenvalue weighted by molar-refractivity contribution is 4.53. The van der Waals surface area contributed by atoms with Crippen molar-refractivity contribution in [1.29, 1.82) is 0 Å². The van der Waals surface area contributed by atoms with E-state index in [2.05, 4.69) is 7.05 Å². The van der Waals surface area contributed by atoms with E-state index in [0.717, 1.165) is 6.42 Å². The van der Waals surface area contributed by atoms with Crippen molar-refractivity contribution < 1.29 is 9.59 Å². The fourth-order valence-corrected chi connectivity index (χ4v) is 4.05. The van der Waals surface area contributed by atoms with Gasteiger partial charge in [0, 0.05) is 6.61 Å². The zero-order valence-electron chi connectivity index (χ0n) is 16.0. The second-order valence-electron chi connectivity index (χ2n) is 8.17. The molecule has 0 unspecified atom stereocenters. The third kappa shape index (κ3) is 12.0. The summed E-state index contributed by atoms with van der Waals surface area (Å²) in [5.41, 5.74) is 0. The number of likely N-dealkylation sites (tertiary alicyclic amines) is 1. The van der Waals surface area contributed by atoms with Crippen molar-refractivity contribution in [3.63, 3.8) is 0 Å². The Balaban J connectivity index is 1.74. The summed E-state index contributed by atoms with van der Waals surface area (Å²) in [7, 11) is 2.48.